The number of anilines is 1. The van der Waals surface area contributed by atoms with Gasteiger partial charge in [0.1, 0.15) is 0 Å². The van der Waals surface area contributed by atoms with Gasteiger partial charge in [-0.3, -0.25) is 5.43 Å². The minimum absolute atomic E-state index is 0.427. The molecule has 0 heterocycles. The van der Waals surface area contributed by atoms with Crippen LogP contribution in [-0.2, 0) is 0 Å². The average molecular weight is 345 g/mol. The molecular weight excluding hydrogens is 316 g/mol. The smallest absolute Gasteiger partial charge is 0.0688 e. The molecule has 0 bridgehead atoms. The van der Waals surface area contributed by atoms with Crippen LogP contribution in [0.15, 0.2) is 70.9 Å². The van der Waals surface area contributed by atoms with Gasteiger partial charge in [-0.25, -0.2) is 0 Å². The van der Waals surface area contributed by atoms with Crippen LogP contribution < -0.4 is 5.43 Å². The van der Waals surface area contributed by atoms with E-state index in [9.17, 15) is 0 Å². The van der Waals surface area contributed by atoms with E-state index >= 15 is 0 Å². The number of hydrazone groups is 1. The molecule has 3 rings (SSSR count). The van der Waals surface area contributed by atoms with Crippen LogP contribution in [0.2, 0.25) is 0 Å². The molecule has 1 N–H and O–H groups in total. The van der Waals surface area contributed by atoms with E-state index in [0.29, 0.717) is 5.92 Å². The fraction of sp³-hybridized carbons (Fsp3) is 0.292. The summed E-state index contributed by atoms with van der Waals surface area (Å²) in [6.07, 6.45) is 5.43. The van der Waals surface area contributed by atoms with Crippen LogP contribution in [-0.4, -0.2) is 5.71 Å². The van der Waals surface area contributed by atoms with E-state index in [4.69, 9.17) is 5.10 Å². The Labute approximate surface area is 157 Å². The predicted molar refractivity (Wildman–Crippen MR) is 113 cm³/mol. The maximum atomic E-state index is 4.85. The number of allylic oxidation sites excluding steroid dienone is 4. The van der Waals surface area contributed by atoms with Crippen molar-refractivity contribution in [1.29, 1.82) is 0 Å². The minimum Gasteiger partial charge on any atom is -0.278 e. The minimum atomic E-state index is 0.427. The largest absolute Gasteiger partial charge is 0.278 e. The van der Waals surface area contributed by atoms with Crippen LogP contribution in [0.4, 0.5) is 5.69 Å². The summed E-state index contributed by atoms with van der Waals surface area (Å²) in [6, 6.07) is 14.9. The molecule has 0 aliphatic heterocycles. The molecule has 0 fully saturated rings. The van der Waals surface area contributed by atoms with Crippen molar-refractivity contribution < 1.29 is 0 Å². The Morgan fingerprint density at radius 3 is 2.19 bits per heavy atom. The first kappa shape index (κ1) is 18.2. The van der Waals surface area contributed by atoms with Gasteiger partial charge in [-0.2, -0.15) is 5.10 Å². The SMILES string of the molecule is CC1=C(C)C(CC(=NNc2c(C)cc(C)cc2C)c2ccccc2)C=C1. The van der Waals surface area contributed by atoms with E-state index in [2.05, 4.69) is 88.6 Å². The lowest BCUT2D eigenvalue weighted by molar-refractivity contribution is 0.808. The molecule has 1 aliphatic carbocycles. The second kappa shape index (κ2) is 7.74. The highest BCUT2D eigenvalue weighted by Crippen LogP contribution is 2.29. The number of nitrogens with zero attached hydrogens (tertiary/aromatic N) is 1. The Kier molecular flexibility index (Phi) is 5.41. The van der Waals surface area contributed by atoms with Gasteiger partial charge in [0.15, 0.2) is 0 Å². The maximum absolute atomic E-state index is 4.85. The van der Waals surface area contributed by atoms with Gasteiger partial charge >= 0.3 is 0 Å². The highest BCUT2D eigenvalue weighted by Gasteiger charge is 2.18. The Bertz CT molecular complexity index is 863. The third-order valence-corrected chi connectivity index (χ3v) is 5.26. The second-order valence-corrected chi connectivity index (χ2v) is 7.35. The number of hydrogen-bond acceptors (Lipinski definition) is 2. The van der Waals surface area contributed by atoms with Crippen molar-refractivity contribution in [3.63, 3.8) is 0 Å². The van der Waals surface area contributed by atoms with Gasteiger partial charge in [0.05, 0.1) is 11.4 Å². The quantitative estimate of drug-likeness (QED) is 0.496. The van der Waals surface area contributed by atoms with E-state index in [-0.39, 0.29) is 0 Å². The molecule has 2 aromatic rings. The topological polar surface area (TPSA) is 24.4 Å². The fourth-order valence-corrected chi connectivity index (χ4v) is 3.60. The zero-order chi connectivity index (χ0) is 18.7. The van der Waals surface area contributed by atoms with Crippen molar-refractivity contribution in [3.8, 4) is 0 Å². The van der Waals surface area contributed by atoms with E-state index in [0.717, 1.165) is 17.8 Å². The highest BCUT2D eigenvalue weighted by atomic mass is 15.3. The monoisotopic (exact) mass is 344 g/mol. The van der Waals surface area contributed by atoms with Crippen molar-refractivity contribution in [1.82, 2.24) is 0 Å². The zero-order valence-electron chi connectivity index (χ0n) is 16.4. The molecule has 2 heteroatoms. The first-order chi connectivity index (χ1) is 12.5. The fourth-order valence-electron chi connectivity index (χ4n) is 3.60. The molecule has 0 radical (unpaired) electrons. The lowest BCUT2D eigenvalue weighted by Crippen LogP contribution is -2.11. The molecule has 0 saturated carbocycles. The summed E-state index contributed by atoms with van der Waals surface area (Å²) in [6.45, 7) is 10.8. The highest BCUT2D eigenvalue weighted by molar-refractivity contribution is 6.01. The zero-order valence-corrected chi connectivity index (χ0v) is 16.4. The predicted octanol–water partition coefficient (Wildman–Crippen LogP) is 6.34. The van der Waals surface area contributed by atoms with Gasteiger partial charge in [-0.15, -0.1) is 0 Å². The molecular formula is C24H28N2. The van der Waals surface area contributed by atoms with E-state index in [1.165, 1.54) is 33.4 Å². The molecule has 134 valence electrons. The van der Waals surface area contributed by atoms with Gasteiger partial charge in [-0.05, 0) is 51.3 Å². The van der Waals surface area contributed by atoms with Crippen LogP contribution in [0, 0.1) is 26.7 Å². The molecule has 1 aliphatic rings. The molecule has 0 saturated heterocycles. The molecule has 1 atom stereocenters. The standard InChI is InChI=1S/C24H28N2/c1-16-13-18(3)24(19(4)14-16)26-25-23(21-9-7-6-8-10-21)15-22-12-11-17(2)20(22)5/h6-14,22,26H,15H2,1-5H3. The molecule has 2 nitrogen and oxygen atoms in total. The molecule has 0 spiro atoms. The van der Waals surface area contributed by atoms with Crippen molar-refractivity contribution >= 4 is 11.4 Å². The summed E-state index contributed by atoms with van der Waals surface area (Å²) in [7, 11) is 0. The summed E-state index contributed by atoms with van der Waals surface area (Å²) in [5.41, 5.74) is 13.3. The van der Waals surface area contributed by atoms with Crippen LogP contribution >= 0.6 is 0 Å². The van der Waals surface area contributed by atoms with Crippen molar-refractivity contribution in [2.45, 2.75) is 41.0 Å². The number of rotatable bonds is 5. The summed E-state index contributed by atoms with van der Waals surface area (Å²) in [5.74, 6) is 0.427. The van der Waals surface area contributed by atoms with Crippen LogP contribution in [0.25, 0.3) is 0 Å². The van der Waals surface area contributed by atoms with E-state index in [1.807, 2.05) is 6.07 Å². The molecule has 0 amide bonds. The first-order valence-electron chi connectivity index (χ1n) is 9.27. The molecule has 2 aromatic carbocycles. The number of aryl methyl sites for hydroxylation is 3. The van der Waals surface area contributed by atoms with Gasteiger partial charge in [0, 0.05) is 12.3 Å². The van der Waals surface area contributed by atoms with Crippen molar-refractivity contribution in [2.75, 3.05) is 5.43 Å². The molecule has 0 aromatic heterocycles. The van der Waals surface area contributed by atoms with Crippen LogP contribution in [0.1, 0.15) is 42.5 Å². The maximum Gasteiger partial charge on any atom is 0.0688 e. The Morgan fingerprint density at radius 2 is 1.62 bits per heavy atom. The van der Waals surface area contributed by atoms with Crippen LogP contribution in [0.5, 0.6) is 0 Å². The third-order valence-electron chi connectivity index (χ3n) is 5.26. The van der Waals surface area contributed by atoms with Gasteiger partial charge in [0.25, 0.3) is 0 Å². The van der Waals surface area contributed by atoms with E-state index < -0.39 is 0 Å². The normalized spacial score (nSPS) is 17.1. The summed E-state index contributed by atoms with van der Waals surface area (Å²) in [5, 5.41) is 4.85. The van der Waals surface area contributed by atoms with Crippen molar-refractivity contribution in [3.05, 3.63) is 88.0 Å². The Balaban J connectivity index is 1.91. The Hall–Kier alpha value is -2.61. The second-order valence-electron chi connectivity index (χ2n) is 7.35. The van der Waals surface area contributed by atoms with Gasteiger partial charge in [-0.1, -0.05) is 71.3 Å². The lowest BCUT2D eigenvalue weighted by Gasteiger charge is -2.16. The van der Waals surface area contributed by atoms with Crippen molar-refractivity contribution in [2.24, 2.45) is 11.0 Å². The first-order valence-corrected chi connectivity index (χ1v) is 9.27. The number of hydrogen-bond donors (Lipinski definition) is 1. The Morgan fingerprint density at radius 1 is 0.962 bits per heavy atom. The van der Waals surface area contributed by atoms with Gasteiger partial charge in [0.2, 0.25) is 0 Å². The van der Waals surface area contributed by atoms with E-state index in [1.54, 1.807) is 0 Å². The van der Waals surface area contributed by atoms with Crippen LogP contribution in [0.3, 0.4) is 0 Å². The summed E-state index contributed by atoms with van der Waals surface area (Å²) < 4.78 is 0. The van der Waals surface area contributed by atoms with Gasteiger partial charge < -0.3 is 0 Å². The summed E-state index contributed by atoms with van der Waals surface area (Å²) in [4.78, 5) is 0. The number of benzene rings is 2. The number of nitrogens with one attached hydrogen (secondary N) is 1. The molecule has 1 unspecified atom stereocenters. The lowest BCUT2D eigenvalue weighted by atomic mass is 9.93. The average Bonchev–Trinajstić information content (AvgIpc) is 2.92. The third kappa shape index (κ3) is 3.96. The molecule has 26 heavy (non-hydrogen) atoms. The summed E-state index contributed by atoms with van der Waals surface area (Å²) >= 11 is 0.